The van der Waals surface area contributed by atoms with Gasteiger partial charge in [0.05, 0.1) is 19.2 Å². The summed E-state index contributed by atoms with van der Waals surface area (Å²) in [7, 11) is 1.32. The summed E-state index contributed by atoms with van der Waals surface area (Å²) in [6.07, 6.45) is -1.77. The Morgan fingerprint density at radius 2 is 2.07 bits per heavy atom. The number of carbonyl (C=O) groups excluding carboxylic acids is 3. The molecule has 0 bridgehead atoms. The average molecular weight is 587 g/mol. The van der Waals surface area contributed by atoms with Crippen LogP contribution in [0.15, 0.2) is 34.6 Å². The highest BCUT2D eigenvalue weighted by atomic mass is 19.4. The molecule has 1 aromatic rings. The summed E-state index contributed by atoms with van der Waals surface area (Å²) >= 11 is 0. The lowest BCUT2D eigenvalue weighted by Gasteiger charge is -2.34. The number of alkyl halides is 5. The van der Waals surface area contributed by atoms with Crippen LogP contribution in [0.25, 0.3) is 0 Å². The lowest BCUT2D eigenvalue weighted by atomic mass is 9.81. The van der Waals surface area contributed by atoms with Gasteiger partial charge >= 0.3 is 12.2 Å². The molecule has 4 rings (SSSR count). The van der Waals surface area contributed by atoms with Crippen molar-refractivity contribution in [2.45, 2.75) is 69.3 Å². The van der Waals surface area contributed by atoms with E-state index >= 15 is 0 Å². The number of halogens is 5. The summed E-state index contributed by atoms with van der Waals surface area (Å²) in [5.41, 5.74) is 1.13. The molecule has 15 heteroatoms. The maximum absolute atomic E-state index is 14.3. The molecule has 41 heavy (non-hydrogen) atoms. The van der Waals surface area contributed by atoms with Crippen LogP contribution in [0.5, 0.6) is 0 Å². The zero-order chi connectivity index (χ0) is 29.9. The Labute approximate surface area is 232 Å². The van der Waals surface area contributed by atoms with Gasteiger partial charge in [-0.15, -0.1) is 0 Å². The molecule has 3 unspecified atom stereocenters. The van der Waals surface area contributed by atoms with Crippen molar-refractivity contribution in [1.82, 2.24) is 20.5 Å². The summed E-state index contributed by atoms with van der Waals surface area (Å²) in [6, 6.07) is -2.45. The van der Waals surface area contributed by atoms with Gasteiger partial charge < -0.3 is 25.6 Å². The summed E-state index contributed by atoms with van der Waals surface area (Å²) in [4.78, 5) is 47.7. The lowest BCUT2D eigenvalue weighted by molar-refractivity contribution is -0.150. The van der Waals surface area contributed by atoms with Crippen LogP contribution in [0, 0.1) is 5.92 Å². The van der Waals surface area contributed by atoms with Crippen LogP contribution in [-0.2, 0) is 14.3 Å². The predicted octanol–water partition coefficient (Wildman–Crippen LogP) is 3.72. The van der Waals surface area contributed by atoms with Gasteiger partial charge in [-0.05, 0) is 42.9 Å². The molecule has 1 aromatic heterocycles. The molecule has 4 atom stereocenters. The number of pyridine rings is 1. The minimum Gasteiger partial charge on any atom is -0.382 e. The number of hydrogen-bond donors (Lipinski definition) is 3. The number of nitrogens with one attached hydrogen (secondary N) is 3. The number of aliphatic imine (C=N–C) groups is 1. The van der Waals surface area contributed by atoms with E-state index < -0.39 is 67.0 Å². The number of ether oxygens (including phenoxy) is 1. The quantitative estimate of drug-likeness (QED) is 0.361. The Morgan fingerprint density at radius 3 is 2.66 bits per heavy atom. The Hall–Kier alpha value is -3.62. The van der Waals surface area contributed by atoms with Gasteiger partial charge in [0.2, 0.25) is 11.8 Å². The van der Waals surface area contributed by atoms with E-state index in [0.29, 0.717) is 17.6 Å². The molecule has 2 fully saturated rings. The summed E-state index contributed by atoms with van der Waals surface area (Å²) in [6.45, 7) is 1.02. The average Bonchev–Trinajstić information content (AvgIpc) is 3.26. The van der Waals surface area contributed by atoms with Gasteiger partial charge in [-0.25, -0.2) is 18.6 Å². The first-order valence-corrected chi connectivity index (χ1v) is 13.2. The van der Waals surface area contributed by atoms with E-state index in [2.05, 4.69) is 20.6 Å². The van der Waals surface area contributed by atoms with Crippen molar-refractivity contribution in [1.29, 1.82) is 0 Å². The van der Waals surface area contributed by atoms with Crippen LogP contribution in [-0.4, -0.2) is 78.4 Å². The first kappa shape index (κ1) is 30.3. The van der Waals surface area contributed by atoms with E-state index in [4.69, 9.17) is 4.74 Å². The summed E-state index contributed by atoms with van der Waals surface area (Å²) in [5.74, 6) is -5.34. The van der Waals surface area contributed by atoms with Crippen LogP contribution in [0.4, 0.5) is 32.6 Å². The fourth-order valence-corrected chi connectivity index (χ4v) is 5.25. The molecule has 10 nitrogen and oxygen atoms in total. The van der Waals surface area contributed by atoms with E-state index in [1.54, 1.807) is 0 Å². The topological polar surface area (TPSA) is 125 Å². The van der Waals surface area contributed by atoms with Crippen LogP contribution < -0.4 is 16.0 Å². The van der Waals surface area contributed by atoms with E-state index in [9.17, 15) is 36.3 Å². The number of rotatable bonds is 10. The summed E-state index contributed by atoms with van der Waals surface area (Å²) < 4.78 is 73.4. The van der Waals surface area contributed by atoms with E-state index in [1.165, 1.54) is 31.7 Å². The highest BCUT2D eigenvalue weighted by Crippen LogP contribution is 2.38. The van der Waals surface area contributed by atoms with Crippen LogP contribution >= 0.6 is 0 Å². The molecule has 0 spiro atoms. The van der Waals surface area contributed by atoms with Crippen LogP contribution in [0.1, 0.15) is 50.6 Å². The van der Waals surface area contributed by atoms with Crippen LogP contribution in [0.2, 0.25) is 0 Å². The van der Waals surface area contributed by atoms with Gasteiger partial charge in [-0.3, -0.25) is 14.6 Å². The zero-order valence-corrected chi connectivity index (χ0v) is 22.4. The Bertz CT molecular complexity index is 1240. The van der Waals surface area contributed by atoms with Crippen molar-refractivity contribution in [3.8, 4) is 0 Å². The van der Waals surface area contributed by atoms with Gasteiger partial charge in [0.15, 0.2) is 0 Å². The molecular weight excluding hydrogens is 555 g/mol. The minimum atomic E-state index is -4.65. The van der Waals surface area contributed by atoms with Gasteiger partial charge in [-0.1, -0.05) is 6.92 Å². The zero-order valence-electron chi connectivity index (χ0n) is 22.4. The lowest BCUT2D eigenvalue weighted by Crippen LogP contribution is -2.51. The minimum absolute atomic E-state index is 0.0440. The predicted molar refractivity (Wildman–Crippen MR) is 137 cm³/mol. The molecule has 1 aliphatic carbocycles. The molecule has 0 radical (unpaired) electrons. The molecule has 224 valence electrons. The number of nitrogens with zero attached hydrogens (tertiary/aromatic N) is 3. The highest BCUT2D eigenvalue weighted by molar-refractivity contribution is 6.08. The highest BCUT2D eigenvalue weighted by Gasteiger charge is 2.48. The largest absolute Gasteiger partial charge is 0.410 e. The second kappa shape index (κ2) is 12.1. The van der Waals surface area contributed by atoms with E-state index in [1.807, 2.05) is 12.2 Å². The molecule has 1 saturated carbocycles. The number of anilines is 1. The van der Waals surface area contributed by atoms with Gasteiger partial charge in [0, 0.05) is 37.9 Å². The van der Waals surface area contributed by atoms with Crippen molar-refractivity contribution in [3.63, 3.8) is 0 Å². The molecule has 3 heterocycles. The first-order chi connectivity index (χ1) is 19.3. The first-order valence-electron chi connectivity index (χ1n) is 13.2. The van der Waals surface area contributed by atoms with Crippen molar-refractivity contribution < 1.29 is 41.1 Å². The maximum Gasteiger partial charge on any atom is 0.410 e. The van der Waals surface area contributed by atoms with Gasteiger partial charge in [0.1, 0.15) is 23.6 Å². The molecule has 0 aromatic carbocycles. The summed E-state index contributed by atoms with van der Waals surface area (Å²) in [5, 5.41) is 7.01. The second-order valence-corrected chi connectivity index (χ2v) is 10.3. The Kier molecular flexibility index (Phi) is 8.94. The second-order valence-electron chi connectivity index (χ2n) is 10.3. The third-order valence-corrected chi connectivity index (χ3v) is 7.42. The van der Waals surface area contributed by atoms with Crippen molar-refractivity contribution in [2.75, 3.05) is 25.6 Å². The monoisotopic (exact) mass is 586 g/mol. The van der Waals surface area contributed by atoms with Gasteiger partial charge in [-0.2, -0.15) is 13.2 Å². The normalized spacial score (nSPS) is 23.5. The third kappa shape index (κ3) is 7.00. The molecule has 2 aliphatic heterocycles. The number of hydrogen-bond acceptors (Lipinski definition) is 6. The van der Waals surface area contributed by atoms with E-state index in [-0.39, 0.29) is 37.4 Å². The molecule has 3 N–H and O–H groups in total. The fraction of sp³-hybridized carbons (Fsp3) is 0.577. The molecule has 4 amide bonds. The van der Waals surface area contributed by atoms with Crippen molar-refractivity contribution in [2.24, 2.45) is 10.9 Å². The SMILES string of the molecule is CCC1=C(C(=O)N[C@H](C(=O)Nc2cc(C(COC)N3CC(C(F)(F)F)NC3=O)ccn2)C2CCCC(F)(F)C2)N=C1. The molecule has 3 aliphatic rings. The number of aromatic nitrogens is 1. The number of methoxy groups -OCH3 is 1. The number of carbonyl (C=O) groups is 3. The number of amides is 4. The van der Waals surface area contributed by atoms with Crippen molar-refractivity contribution in [3.05, 3.63) is 35.2 Å². The molecule has 1 saturated heterocycles. The van der Waals surface area contributed by atoms with E-state index in [0.717, 1.165) is 4.90 Å². The molecular formula is C26H31F5N6O4. The number of urea groups is 1. The fourth-order valence-electron chi connectivity index (χ4n) is 5.25. The number of allylic oxidation sites excluding steroid dienone is 1. The third-order valence-electron chi connectivity index (χ3n) is 7.42. The Balaban J connectivity index is 1.55. The Morgan fingerprint density at radius 1 is 1.32 bits per heavy atom. The maximum atomic E-state index is 14.3. The van der Waals surface area contributed by atoms with Gasteiger partial charge in [0.25, 0.3) is 5.91 Å². The van der Waals surface area contributed by atoms with Crippen LogP contribution in [0.3, 0.4) is 0 Å². The standard InChI is InChI=1S/C26H31F5N6O4/c1-3-14-11-33-20(14)22(38)36-21(16-5-4-7-25(27,28)10-16)23(39)35-19-9-15(6-8-32-19)17(13-41-2)37-12-18(26(29,30)31)34-24(37)40/h6,8-9,11,16-18,21H,3-5,7,10,12-13H2,1-2H3,(H,34,40)(H,36,38)(H,32,35,39)/t16?,17?,18?,21-/m0/s1. The smallest absolute Gasteiger partial charge is 0.382 e. The van der Waals surface area contributed by atoms with Crippen molar-refractivity contribution >= 4 is 29.9 Å².